The zero-order valence-corrected chi connectivity index (χ0v) is 11.0. The fourth-order valence-electron chi connectivity index (χ4n) is 1.35. The molecule has 0 unspecified atom stereocenters. The number of nitrogen functional groups attached to an aromatic ring is 1. The molecular formula is C13H18N2O4. The van der Waals surface area contributed by atoms with Crippen LogP contribution in [0.1, 0.15) is 24.2 Å². The average Bonchev–Trinajstić information content (AvgIpc) is 2.34. The Hall–Kier alpha value is -2.24. The first-order valence-corrected chi connectivity index (χ1v) is 5.92. The van der Waals surface area contributed by atoms with Crippen LogP contribution in [0.25, 0.3) is 0 Å². The minimum Gasteiger partial charge on any atom is -0.483 e. The molecular weight excluding hydrogens is 248 g/mol. The number of hydrogen-bond donors (Lipinski definition) is 3. The van der Waals surface area contributed by atoms with Gasteiger partial charge in [-0.25, -0.2) is 4.79 Å². The summed E-state index contributed by atoms with van der Waals surface area (Å²) in [5, 5.41) is 11.7. The number of hydrogen-bond acceptors (Lipinski definition) is 4. The van der Waals surface area contributed by atoms with Crippen LogP contribution in [0.2, 0.25) is 0 Å². The van der Waals surface area contributed by atoms with Crippen molar-refractivity contribution >= 4 is 17.6 Å². The molecule has 0 aromatic heterocycles. The number of amides is 1. The van der Waals surface area contributed by atoms with Crippen LogP contribution in [0.4, 0.5) is 5.69 Å². The molecule has 6 heteroatoms. The van der Waals surface area contributed by atoms with Crippen molar-refractivity contribution in [3.05, 3.63) is 23.8 Å². The molecule has 1 amide bonds. The SMILES string of the molecule is CC(C)CNC(=O)COc1ccc(N)cc1C(=O)O. The Balaban J connectivity index is 2.62. The largest absolute Gasteiger partial charge is 0.483 e. The lowest BCUT2D eigenvalue weighted by Gasteiger charge is -2.11. The maximum atomic E-state index is 11.5. The molecule has 0 spiro atoms. The molecule has 0 saturated carbocycles. The van der Waals surface area contributed by atoms with E-state index in [9.17, 15) is 9.59 Å². The van der Waals surface area contributed by atoms with Crippen LogP contribution < -0.4 is 15.8 Å². The zero-order chi connectivity index (χ0) is 14.4. The zero-order valence-electron chi connectivity index (χ0n) is 11.0. The van der Waals surface area contributed by atoms with E-state index in [0.717, 1.165) is 0 Å². The summed E-state index contributed by atoms with van der Waals surface area (Å²) in [7, 11) is 0. The molecule has 0 aliphatic carbocycles. The summed E-state index contributed by atoms with van der Waals surface area (Å²) in [5.74, 6) is -0.969. The van der Waals surface area contributed by atoms with Gasteiger partial charge in [-0.2, -0.15) is 0 Å². The summed E-state index contributed by atoms with van der Waals surface area (Å²) in [6.07, 6.45) is 0. The number of carbonyl (C=O) groups excluding carboxylic acids is 1. The van der Waals surface area contributed by atoms with Gasteiger partial charge in [-0.3, -0.25) is 4.79 Å². The van der Waals surface area contributed by atoms with Gasteiger partial charge in [-0.1, -0.05) is 13.8 Å². The lowest BCUT2D eigenvalue weighted by Crippen LogP contribution is -2.31. The molecule has 0 aliphatic rings. The first-order valence-electron chi connectivity index (χ1n) is 5.92. The molecule has 0 radical (unpaired) electrons. The standard InChI is InChI=1S/C13H18N2O4/c1-8(2)6-15-12(16)7-19-11-4-3-9(14)5-10(11)13(17)18/h3-5,8H,6-7,14H2,1-2H3,(H,15,16)(H,17,18). The smallest absolute Gasteiger partial charge is 0.339 e. The van der Waals surface area contributed by atoms with E-state index in [1.54, 1.807) is 0 Å². The van der Waals surface area contributed by atoms with Gasteiger partial charge in [-0.15, -0.1) is 0 Å². The lowest BCUT2D eigenvalue weighted by molar-refractivity contribution is -0.123. The Morgan fingerprint density at radius 2 is 2.11 bits per heavy atom. The fraction of sp³-hybridized carbons (Fsp3) is 0.385. The predicted octanol–water partition coefficient (Wildman–Crippen LogP) is 1.12. The second-order valence-electron chi connectivity index (χ2n) is 4.55. The number of nitrogens with two attached hydrogens (primary N) is 1. The number of carboxylic acids is 1. The van der Waals surface area contributed by atoms with Crippen LogP contribution in [0.15, 0.2) is 18.2 Å². The normalized spacial score (nSPS) is 10.3. The molecule has 0 heterocycles. The Labute approximate surface area is 111 Å². The number of anilines is 1. The Morgan fingerprint density at radius 1 is 1.42 bits per heavy atom. The molecule has 0 saturated heterocycles. The van der Waals surface area contributed by atoms with E-state index >= 15 is 0 Å². The van der Waals surface area contributed by atoms with E-state index in [1.807, 2.05) is 13.8 Å². The Bertz CT molecular complexity index is 472. The Kier molecular flexibility index (Phi) is 5.17. The first-order chi connectivity index (χ1) is 8.90. The number of benzene rings is 1. The van der Waals surface area contributed by atoms with E-state index in [2.05, 4.69) is 5.32 Å². The molecule has 4 N–H and O–H groups in total. The predicted molar refractivity (Wildman–Crippen MR) is 71.2 cm³/mol. The van der Waals surface area contributed by atoms with Gasteiger partial charge in [0.05, 0.1) is 0 Å². The topological polar surface area (TPSA) is 102 Å². The van der Waals surface area contributed by atoms with Crippen LogP contribution in [0, 0.1) is 5.92 Å². The number of rotatable bonds is 6. The minimum atomic E-state index is -1.15. The van der Waals surface area contributed by atoms with Crippen molar-refractivity contribution in [3.63, 3.8) is 0 Å². The van der Waals surface area contributed by atoms with E-state index in [1.165, 1.54) is 18.2 Å². The molecule has 1 aromatic carbocycles. The third-order valence-electron chi connectivity index (χ3n) is 2.30. The molecule has 19 heavy (non-hydrogen) atoms. The van der Waals surface area contributed by atoms with Crippen molar-refractivity contribution in [1.29, 1.82) is 0 Å². The van der Waals surface area contributed by atoms with Gasteiger partial charge in [0.1, 0.15) is 11.3 Å². The quantitative estimate of drug-likeness (QED) is 0.670. The molecule has 1 rings (SSSR count). The van der Waals surface area contributed by atoms with Crippen molar-refractivity contribution in [2.24, 2.45) is 5.92 Å². The molecule has 6 nitrogen and oxygen atoms in total. The minimum absolute atomic E-state index is 0.0586. The highest BCUT2D eigenvalue weighted by Crippen LogP contribution is 2.21. The third kappa shape index (κ3) is 4.87. The molecule has 1 aromatic rings. The lowest BCUT2D eigenvalue weighted by atomic mass is 10.2. The number of aromatic carboxylic acids is 1. The van der Waals surface area contributed by atoms with Crippen LogP contribution >= 0.6 is 0 Å². The molecule has 0 fully saturated rings. The molecule has 0 aliphatic heterocycles. The average molecular weight is 266 g/mol. The Morgan fingerprint density at radius 3 is 2.68 bits per heavy atom. The third-order valence-corrected chi connectivity index (χ3v) is 2.30. The summed E-state index contributed by atoms with van der Waals surface area (Å²) in [4.78, 5) is 22.5. The second-order valence-corrected chi connectivity index (χ2v) is 4.55. The van der Waals surface area contributed by atoms with Crippen molar-refractivity contribution in [1.82, 2.24) is 5.32 Å². The van der Waals surface area contributed by atoms with E-state index < -0.39 is 5.97 Å². The van der Waals surface area contributed by atoms with Gasteiger partial charge in [0, 0.05) is 12.2 Å². The van der Waals surface area contributed by atoms with Crippen molar-refractivity contribution < 1.29 is 19.4 Å². The van der Waals surface area contributed by atoms with Crippen LogP contribution in [-0.4, -0.2) is 30.1 Å². The van der Waals surface area contributed by atoms with Crippen LogP contribution in [-0.2, 0) is 4.79 Å². The fourth-order valence-corrected chi connectivity index (χ4v) is 1.35. The van der Waals surface area contributed by atoms with E-state index in [-0.39, 0.29) is 23.8 Å². The second kappa shape index (κ2) is 6.63. The maximum absolute atomic E-state index is 11.5. The van der Waals surface area contributed by atoms with Crippen molar-refractivity contribution in [2.45, 2.75) is 13.8 Å². The number of carbonyl (C=O) groups is 2. The number of carboxylic acid groups (broad SMARTS) is 1. The molecule has 0 bridgehead atoms. The highest BCUT2D eigenvalue weighted by Gasteiger charge is 2.13. The monoisotopic (exact) mass is 266 g/mol. The van der Waals surface area contributed by atoms with E-state index in [4.69, 9.17) is 15.6 Å². The number of ether oxygens (including phenoxy) is 1. The van der Waals surface area contributed by atoms with E-state index in [0.29, 0.717) is 18.2 Å². The first kappa shape index (κ1) is 14.8. The summed E-state index contributed by atoms with van der Waals surface area (Å²) in [6.45, 7) is 4.28. The van der Waals surface area contributed by atoms with Gasteiger partial charge in [0.25, 0.3) is 5.91 Å². The van der Waals surface area contributed by atoms with Gasteiger partial charge in [-0.05, 0) is 24.1 Å². The summed E-state index contributed by atoms with van der Waals surface area (Å²) >= 11 is 0. The summed E-state index contributed by atoms with van der Waals surface area (Å²) in [6, 6.07) is 4.26. The van der Waals surface area contributed by atoms with Gasteiger partial charge < -0.3 is 20.9 Å². The van der Waals surface area contributed by atoms with Crippen molar-refractivity contribution in [2.75, 3.05) is 18.9 Å². The highest BCUT2D eigenvalue weighted by molar-refractivity contribution is 5.92. The molecule has 104 valence electrons. The van der Waals surface area contributed by atoms with Crippen molar-refractivity contribution in [3.8, 4) is 5.75 Å². The number of nitrogens with one attached hydrogen (secondary N) is 1. The van der Waals surface area contributed by atoms with Gasteiger partial charge in [0.15, 0.2) is 6.61 Å². The highest BCUT2D eigenvalue weighted by atomic mass is 16.5. The molecule has 0 atom stereocenters. The van der Waals surface area contributed by atoms with Gasteiger partial charge in [0.2, 0.25) is 0 Å². The summed E-state index contributed by atoms with van der Waals surface area (Å²) < 4.78 is 5.20. The van der Waals surface area contributed by atoms with Crippen LogP contribution in [0.5, 0.6) is 5.75 Å². The summed E-state index contributed by atoms with van der Waals surface area (Å²) in [5.41, 5.74) is 5.77. The maximum Gasteiger partial charge on any atom is 0.339 e. The van der Waals surface area contributed by atoms with Crippen LogP contribution in [0.3, 0.4) is 0 Å². The van der Waals surface area contributed by atoms with Gasteiger partial charge >= 0.3 is 5.97 Å².